The molecule has 2 bridgehead atoms. The summed E-state index contributed by atoms with van der Waals surface area (Å²) >= 11 is 0. The number of nitriles is 1. The predicted molar refractivity (Wildman–Crippen MR) is 135 cm³/mol. The molecule has 1 saturated heterocycles. The molecule has 2 unspecified atom stereocenters. The lowest BCUT2D eigenvalue weighted by Crippen LogP contribution is -2.46. The number of allylic oxidation sites excluding steroid dienone is 1. The van der Waals surface area contributed by atoms with Crippen LogP contribution in [0.25, 0.3) is 6.08 Å². The lowest BCUT2D eigenvalue weighted by molar-refractivity contribution is 0.181. The van der Waals surface area contributed by atoms with Crippen LogP contribution in [-0.4, -0.2) is 37.7 Å². The number of hydrogen-bond acceptors (Lipinski definition) is 6. The standard InChI is InChI=1S/C29H31N3O3/c1-4-15-32-24-13-14-25(32)27-26(19-7-11-21(34-3)12-8-19)23(17-30)29(31)35-28(27)22(24)16-18-5-9-20(33-2)10-6-18/h5-12,16,24-26H,4,13-15,31H2,1-3H3/b22-16+/t24?,25?,26-/m0/s1. The van der Waals surface area contributed by atoms with Gasteiger partial charge < -0.3 is 19.9 Å². The van der Waals surface area contributed by atoms with Gasteiger partial charge in [0.1, 0.15) is 28.9 Å². The van der Waals surface area contributed by atoms with Crippen molar-refractivity contribution in [2.75, 3.05) is 20.8 Å². The number of nitrogens with zero attached hydrogens (tertiary/aromatic N) is 2. The van der Waals surface area contributed by atoms with E-state index in [9.17, 15) is 5.26 Å². The van der Waals surface area contributed by atoms with Crippen LogP contribution in [0.3, 0.4) is 0 Å². The van der Waals surface area contributed by atoms with Gasteiger partial charge in [0.2, 0.25) is 5.88 Å². The van der Waals surface area contributed by atoms with Crippen molar-refractivity contribution < 1.29 is 14.2 Å². The Labute approximate surface area is 206 Å². The summed E-state index contributed by atoms with van der Waals surface area (Å²) in [6.07, 6.45) is 5.33. The minimum Gasteiger partial charge on any atom is -0.497 e. The van der Waals surface area contributed by atoms with Crippen LogP contribution in [0.15, 0.2) is 76.9 Å². The zero-order chi connectivity index (χ0) is 24.5. The fraction of sp³-hybridized carbons (Fsp3) is 0.345. The van der Waals surface area contributed by atoms with E-state index in [1.807, 2.05) is 36.4 Å². The first-order valence-corrected chi connectivity index (χ1v) is 12.2. The van der Waals surface area contributed by atoms with Crippen molar-refractivity contribution in [2.45, 2.75) is 44.2 Å². The Bertz CT molecular complexity index is 1240. The smallest absolute Gasteiger partial charge is 0.205 e. The van der Waals surface area contributed by atoms with Crippen molar-refractivity contribution in [3.63, 3.8) is 0 Å². The summed E-state index contributed by atoms with van der Waals surface area (Å²) in [5, 5.41) is 10.1. The van der Waals surface area contributed by atoms with Gasteiger partial charge in [-0.25, -0.2) is 0 Å². The van der Waals surface area contributed by atoms with Gasteiger partial charge in [-0.3, -0.25) is 4.90 Å². The van der Waals surface area contributed by atoms with E-state index in [0.717, 1.165) is 65.3 Å². The van der Waals surface area contributed by atoms with Crippen LogP contribution in [0, 0.1) is 11.3 Å². The molecule has 0 aromatic heterocycles. The van der Waals surface area contributed by atoms with Gasteiger partial charge in [-0.15, -0.1) is 0 Å². The molecule has 2 aromatic rings. The molecule has 6 nitrogen and oxygen atoms in total. The molecule has 0 saturated carbocycles. The molecule has 0 spiro atoms. The molecule has 3 aliphatic heterocycles. The van der Waals surface area contributed by atoms with Crippen LogP contribution in [0.2, 0.25) is 0 Å². The van der Waals surface area contributed by atoms with Crippen molar-refractivity contribution in [3.05, 3.63) is 88.0 Å². The van der Waals surface area contributed by atoms with E-state index < -0.39 is 0 Å². The zero-order valence-electron chi connectivity index (χ0n) is 20.5. The summed E-state index contributed by atoms with van der Waals surface area (Å²) in [4.78, 5) is 2.59. The van der Waals surface area contributed by atoms with Gasteiger partial charge in [-0.2, -0.15) is 5.26 Å². The molecule has 2 N–H and O–H groups in total. The average molecular weight is 470 g/mol. The second kappa shape index (κ2) is 9.52. The maximum atomic E-state index is 10.1. The maximum absolute atomic E-state index is 10.1. The Balaban J connectivity index is 1.69. The maximum Gasteiger partial charge on any atom is 0.205 e. The van der Waals surface area contributed by atoms with E-state index in [0.29, 0.717) is 5.57 Å². The molecule has 3 aliphatic rings. The number of fused-ring (bicyclic) bond motifs is 3. The third-order valence-electron chi connectivity index (χ3n) is 7.32. The normalized spacial score (nSPS) is 24.7. The summed E-state index contributed by atoms with van der Waals surface area (Å²) < 4.78 is 17.0. The second-order valence-electron chi connectivity index (χ2n) is 9.20. The first kappa shape index (κ1) is 23.1. The predicted octanol–water partition coefficient (Wildman–Crippen LogP) is 5.11. The molecular weight excluding hydrogens is 438 g/mol. The van der Waals surface area contributed by atoms with Gasteiger partial charge >= 0.3 is 0 Å². The van der Waals surface area contributed by atoms with Crippen LogP contribution in [0.1, 0.15) is 43.2 Å². The summed E-state index contributed by atoms with van der Waals surface area (Å²) in [6.45, 7) is 3.20. The monoisotopic (exact) mass is 469 g/mol. The molecule has 2 aromatic carbocycles. The van der Waals surface area contributed by atoms with Crippen molar-refractivity contribution in [1.82, 2.24) is 4.90 Å². The Morgan fingerprint density at radius 2 is 1.66 bits per heavy atom. The number of hydrogen-bond donors (Lipinski definition) is 1. The van der Waals surface area contributed by atoms with Crippen molar-refractivity contribution >= 4 is 6.08 Å². The van der Waals surface area contributed by atoms with E-state index >= 15 is 0 Å². The van der Waals surface area contributed by atoms with Gasteiger partial charge in [0.15, 0.2) is 0 Å². The van der Waals surface area contributed by atoms with Gasteiger partial charge in [0.05, 0.1) is 20.1 Å². The number of benzene rings is 2. The molecule has 1 fully saturated rings. The zero-order valence-corrected chi connectivity index (χ0v) is 20.5. The van der Waals surface area contributed by atoms with Crippen LogP contribution in [0.5, 0.6) is 11.5 Å². The number of ether oxygens (including phenoxy) is 3. The van der Waals surface area contributed by atoms with Crippen molar-refractivity contribution in [1.29, 1.82) is 5.26 Å². The summed E-state index contributed by atoms with van der Waals surface area (Å²) in [5.41, 5.74) is 11.2. The highest BCUT2D eigenvalue weighted by Crippen LogP contribution is 2.52. The van der Waals surface area contributed by atoms with Crippen LogP contribution in [-0.2, 0) is 4.74 Å². The SMILES string of the molecule is CCCN1C2CCC1/C(=C\c1ccc(OC)cc1)C1=C2[C@@H](c2ccc(OC)cc2)C(C#N)=C(N)O1. The Kier molecular flexibility index (Phi) is 6.27. The van der Waals surface area contributed by atoms with Gasteiger partial charge in [-0.1, -0.05) is 31.2 Å². The highest BCUT2D eigenvalue weighted by molar-refractivity contribution is 5.66. The minimum absolute atomic E-state index is 0.191. The fourth-order valence-corrected chi connectivity index (χ4v) is 5.78. The molecule has 3 atom stereocenters. The Hall–Kier alpha value is -3.69. The highest BCUT2D eigenvalue weighted by Gasteiger charge is 2.49. The lowest BCUT2D eigenvalue weighted by atomic mass is 9.77. The number of nitrogens with two attached hydrogens (primary N) is 1. The first-order valence-electron chi connectivity index (χ1n) is 12.2. The summed E-state index contributed by atoms with van der Waals surface area (Å²) in [5.74, 6) is 2.37. The van der Waals surface area contributed by atoms with E-state index in [4.69, 9.17) is 19.9 Å². The van der Waals surface area contributed by atoms with Crippen molar-refractivity contribution in [2.24, 2.45) is 5.73 Å². The van der Waals surface area contributed by atoms with Crippen LogP contribution in [0.4, 0.5) is 0 Å². The first-order chi connectivity index (χ1) is 17.1. The topological polar surface area (TPSA) is 80.7 Å². The number of methoxy groups -OCH3 is 2. The lowest BCUT2D eigenvalue weighted by Gasteiger charge is -2.43. The van der Waals surface area contributed by atoms with Crippen molar-refractivity contribution in [3.8, 4) is 17.6 Å². The van der Waals surface area contributed by atoms with E-state index in [-0.39, 0.29) is 23.9 Å². The molecule has 0 radical (unpaired) electrons. The molecular formula is C29H31N3O3. The molecule has 0 amide bonds. The third-order valence-corrected chi connectivity index (χ3v) is 7.32. The van der Waals surface area contributed by atoms with E-state index in [1.165, 1.54) is 0 Å². The van der Waals surface area contributed by atoms with E-state index in [2.05, 4.69) is 36.1 Å². The molecule has 0 aliphatic carbocycles. The Morgan fingerprint density at radius 1 is 1.03 bits per heavy atom. The molecule has 35 heavy (non-hydrogen) atoms. The highest BCUT2D eigenvalue weighted by atomic mass is 16.5. The van der Waals surface area contributed by atoms with Gasteiger partial charge in [-0.05, 0) is 67.3 Å². The largest absolute Gasteiger partial charge is 0.497 e. The average Bonchev–Trinajstić information content (AvgIpc) is 3.22. The molecule has 5 rings (SSSR count). The van der Waals surface area contributed by atoms with Gasteiger partial charge in [0, 0.05) is 23.2 Å². The van der Waals surface area contributed by atoms with Gasteiger partial charge in [0.25, 0.3) is 0 Å². The molecule has 6 heteroatoms. The summed E-state index contributed by atoms with van der Waals surface area (Å²) in [7, 11) is 3.32. The van der Waals surface area contributed by atoms with Crippen LogP contribution >= 0.6 is 0 Å². The van der Waals surface area contributed by atoms with Crippen LogP contribution < -0.4 is 15.2 Å². The third kappa shape index (κ3) is 3.96. The molecule has 3 heterocycles. The molecule has 180 valence electrons. The minimum atomic E-state index is -0.252. The second-order valence-corrected chi connectivity index (χ2v) is 9.20. The number of rotatable bonds is 6. The summed E-state index contributed by atoms with van der Waals surface area (Å²) in [6, 6.07) is 18.8. The fourth-order valence-electron chi connectivity index (χ4n) is 5.78. The van der Waals surface area contributed by atoms with E-state index in [1.54, 1.807) is 14.2 Å². The Morgan fingerprint density at radius 3 is 2.26 bits per heavy atom. The quantitative estimate of drug-likeness (QED) is 0.634.